The van der Waals surface area contributed by atoms with Crippen LogP contribution in [0.5, 0.6) is 5.75 Å². The first kappa shape index (κ1) is 18.7. The molecular weight excluding hydrogens is 380 g/mol. The Balaban J connectivity index is 1.86. The first-order chi connectivity index (χ1) is 10.9. The molecule has 0 saturated carbocycles. The lowest BCUT2D eigenvalue weighted by atomic mass is 9.99. The SMILES string of the molecule is COc1ccc(Br)cc1S(=O)(=O)NCCC[NH+]1CCC(C)CC1. The van der Waals surface area contributed by atoms with Gasteiger partial charge < -0.3 is 9.64 Å². The van der Waals surface area contributed by atoms with Gasteiger partial charge in [0.2, 0.25) is 10.0 Å². The highest BCUT2D eigenvalue weighted by atomic mass is 79.9. The van der Waals surface area contributed by atoms with Crippen LogP contribution in [0, 0.1) is 5.92 Å². The highest BCUT2D eigenvalue weighted by Crippen LogP contribution is 2.26. The summed E-state index contributed by atoms with van der Waals surface area (Å²) in [6.45, 7) is 6.18. The summed E-state index contributed by atoms with van der Waals surface area (Å²) in [5.74, 6) is 1.19. The van der Waals surface area contributed by atoms with Crippen LogP contribution in [0.1, 0.15) is 26.2 Å². The van der Waals surface area contributed by atoms with E-state index in [4.69, 9.17) is 4.74 Å². The van der Waals surface area contributed by atoms with Crippen molar-refractivity contribution in [3.05, 3.63) is 22.7 Å². The molecule has 0 spiro atoms. The number of methoxy groups -OCH3 is 1. The molecule has 1 heterocycles. The van der Waals surface area contributed by atoms with Crippen LogP contribution in [0.25, 0.3) is 0 Å². The summed E-state index contributed by atoms with van der Waals surface area (Å²) in [5, 5.41) is 0. The molecule has 0 atom stereocenters. The Morgan fingerprint density at radius 2 is 2.04 bits per heavy atom. The summed E-state index contributed by atoms with van der Waals surface area (Å²) in [5.41, 5.74) is 0. The van der Waals surface area contributed by atoms with E-state index in [9.17, 15) is 8.42 Å². The monoisotopic (exact) mass is 405 g/mol. The predicted molar refractivity (Wildman–Crippen MR) is 94.5 cm³/mol. The number of hydrogen-bond acceptors (Lipinski definition) is 3. The van der Waals surface area contributed by atoms with Gasteiger partial charge in [-0.2, -0.15) is 0 Å². The maximum atomic E-state index is 12.4. The minimum absolute atomic E-state index is 0.175. The second kappa shape index (κ2) is 8.46. The van der Waals surface area contributed by atoms with Crippen LogP contribution >= 0.6 is 15.9 Å². The maximum absolute atomic E-state index is 12.4. The van der Waals surface area contributed by atoms with Crippen molar-refractivity contribution < 1.29 is 18.1 Å². The number of sulfonamides is 1. The third-order valence-corrected chi connectivity index (χ3v) is 6.37. The zero-order chi connectivity index (χ0) is 16.9. The quantitative estimate of drug-likeness (QED) is 0.674. The highest BCUT2D eigenvalue weighted by Gasteiger charge is 2.21. The Labute approximate surface area is 147 Å². The van der Waals surface area contributed by atoms with Crippen LogP contribution in [0.4, 0.5) is 0 Å². The van der Waals surface area contributed by atoms with Gasteiger partial charge in [0.05, 0.1) is 26.7 Å². The van der Waals surface area contributed by atoms with E-state index < -0.39 is 10.0 Å². The van der Waals surface area contributed by atoms with E-state index >= 15 is 0 Å². The zero-order valence-corrected chi connectivity index (χ0v) is 16.2. The standard InChI is InChI=1S/C16H25BrN2O3S/c1-13-6-10-19(11-7-13)9-3-8-18-23(20,21)16-12-14(17)4-5-15(16)22-2/h4-5,12-13,18H,3,6-11H2,1-2H3/p+1. The number of hydrogen-bond donors (Lipinski definition) is 2. The van der Waals surface area contributed by atoms with E-state index in [1.807, 2.05) is 0 Å². The Morgan fingerprint density at radius 3 is 2.70 bits per heavy atom. The van der Waals surface area contributed by atoms with Gasteiger partial charge in [-0.15, -0.1) is 0 Å². The summed E-state index contributed by atoms with van der Waals surface area (Å²) in [6, 6.07) is 4.98. The fourth-order valence-corrected chi connectivity index (χ4v) is 4.68. The number of quaternary nitrogens is 1. The van der Waals surface area contributed by atoms with Crippen LogP contribution in [-0.2, 0) is 10.0 Å². The fraction of sp³-hybridized carbons (Fsp3) is 0.625. The van der Waals surface area contributed by atoms with Crippen molar-refractivity contribution in [2.45, 2.75) is 31.1 Å². The van der Waals surface area contributed by atoms with Gasteiger partial charge in [-0.1, -0.05) is 22.9 Å². The number of halogens is 1. The molecule has 0 bridgehead atoms. The molecule has 2 N–H and O–H groups in total. The number of ether oxygens (including phenoxy) is 1. The third kappa shape index (κ3) is 5.45. The van der Waals surface area contributed by atoms with E-state index in [0.29, 0.717) is 16.8 Å². The lowest BCUT2D eigenvalue weighted by Crippen LogP contribution is -3.13. The predicted octanol–water partition coefficient (Wildman–Crippen LogP) is 1.44. The number of benzene rings is 1. The zero-order valence-electron chi connectivity index (χ0n) is 13.8. The smallest absolute Gasteiger partial charge is 0.244 e. The normalized spacial score (nSPS) is 22.0. The topological polar surface area (TPSA) is 59.8 Å². The van der Waals surface area contributed by atoms with E-state index in [0.717, 1.165) is 18.9 Å². The molecule has 1 aromatic rings. The van der Waals surface area contributed by atoms with Crippen LogP contribution in [0.3, 0.4) is 0 Å². The summed E-state index contributed by atoms with van der Waals surface area (Å²) >= 11 is 3.31. The molecule has 1 aliphatic rings. The Bertz CT molecular complexity index is 614. The third-order valence-electron chi connectivity index (χ3n) is 4.40. The van der Waals surface area contributed by atoms with Gasteiger partial charge in [0.25, 0.3) is 0 Å². The minimum atomic E-state index is -3.55. The van der Waals surface area contributed by atoms with Crippen molar-refractivity contribution in [1.29, 1.82) is 0 Å². The number of nitrogens with one attached hydrogen (secondary N) is 2. The minimum Gasteiger partial charge on any atom is -0.495 e. The van der Waals surface area contributed by atoms with Crippen molar-refractivity contribution in [3.63, 3.8) is 0 Å². The van der Waals surface area contributed by atoms with E-state index in [1.165, 1.54) is 33.0 Å². The van der Waals surface area contributed by atoms with E-state index in [1.54, 1.807) is 23.1 Å². The molecular formula is C16H26BrN2O3S+. The summed E-state index contributed by atoms with van der Waals surface area (Å²) in [6.07, 6.45) is 3.39. The van der Waals surface area contributed by atoms with E-state index in [-0.39, 0.29) is 4.90 Å². The summed E-state index contributed by atoms with van der Waals surface area (Å²) in [7, 11) is -2.08. The second-order valence-corrected chi connectivity index (χ2v) is 8.88. The van der Waals surface area contributed by atoms with Gasteiger partial charge >= 0.3 is 0 Å². The average Bonchev–Trinajstić information content (AvgIpc) is 2.53. The molecule has 1 fully saturated rings. The molecule has 0 radical (unpaired) electrons. The Kier molecular flexibility index (Phi) is 6.88. The van der Waals surface area contributed by atoms with Gasteiger partial charge in [-0.05, 0) is 37.0 Å². The first-order valence-corrected chi connectivity index (χ1v) is 10.4. The van der Waals surface area contributed by atoms with Crippen LogP contribution < -0.4 is 14.4 Å². The number of rotatable bonds is 7. The fourth-order valence-electron chi connectivity index (χ4n) is 2.90. The molecule has 7 heteroatoms. The van der Waals surface area contributed by atoms with Crippen LogP contribution in [0.2, 0.25) is 0 Å². The van der Waals surface area contributed by atoms with Gasteiger partial charge in [-0.3, -0.25) is 0 Å². The Morgan fingerprint density at radius 1 is 1.35 bits per heavy atom. The molecule has 0 aromatic heterocycles. The largest absolute Gasteiger partial charge is 0.495 e. The van der Waals surface area contributed by atoms with Crippen molar-refractivity contribution in [3.8, 4) is 5.75 Å². The molecule has 0 amide bonds. The lowest BCUT2D eigenvalue weighted by Gasteiger charge is -2.27. The van der Waals surface area contributed by atoms with Gasteiger partial charge in [-0.25, -0.2) is 13.1 Å². The molecule has 0 aliphatic carbocycles. The molecule has 0 unspecified atom stereocenters. The highest BCUT2D eigenvalue weighted by molar-refractivity contribution is 9.10. The van der Waals surface area contributed by atoms with Crippen molar-refractivity contribution in [1.82, 2.24) is 4.72 Å². The second-order valence-electron chi connectivity index (χ2n) is 6.23. The summed E-state index contributed by atoms with van der Waals surface area (Å²) < 4.78 is 33.4. The van der Waals surface area contributed by atoms with Crippen LogP contribution in [-0.4, -0.2) is 41.7 Å². The maximum Gasteiger partial charge on any atom is 0.244 e. The van der Waals surface area contributed by atoms with Gasteiger partial charge in [0, 0.05) is 17.4 Å². The molecule has 130 valence electrons. The van der Waals surface area contributed by atoms with Crippen molar-refractivity contribution in [2.75, 3.05) is 33.3 Å². The van der Waals surface area contributed by atoms with Gasteiger partial charge in [0.15, 0.2) is 0 Å². The molecule has 5 nitrogen and oxygen atoms in total. The molecule has 1 saturated heterocycles. The van der Waals surface area contributed by atoms with Gasteiger partial charge in [0.1, 0.15) is 10.6 Å². The number of likely N-dealkylation sites (tertiary alicyclic amines) is 1. The van der Waals surface area contributed by atoms with Crippen molar-refractivity contribution in [2.24, 2.45) is 5.92 Å². The Hall–Kier alpha value is -0.630. The van der Waals surface area contributed by atoms with Crippen molar-refractivity contribution >= 4 is 26.0 Å². The molecule has 23 heavy (non-hydrogen) atoms. The first-order valence-electron chi connectivity index (χ1n) is 8.09. The molecule has 1 aliphatic heterocycles. The van der Waals surface area contributed by atoms with Crippen LogP contribution in [0.15, 0.2) is 27.6 Å². The number of piperidine rings is 1. The average molecular weight is 406 g/mol. The summed E-state index contributed by atoms with van der Waals surface area (Å²) in [4.78, 5) is 1.76. The van der Waals surface area contributed by atoms with E-state index in [2.05, 4.69) is 27.6 Å². The lowest BCUT2D eigenvalue weighted by molar-refractivity contribution is -0.906. The molecule has 1 aromatic carbocycles. The molecule has 2 rings (SSSR count).